The Kier molecular flexibility index (Phi) is 3.20. The molecular formula is C17H14N6. The maximum atomic E-state index is 4.66. The van der Waals surface area contributed by atoms with Crippen LogP contribution in [0.3, 0.4) is 0 Å². The van der Waals surface area contributed by atoms with Crippen molar-refractivity contribution in [1.29, 1.82) is 0 Å². The zero-order valence-electron chi connectivity index (χ0n) is 12.5. The summed E-state index contributed by atoms with van der Waals surface area (Å²) in [5.74, 6) is 0. The van der Waals surface area contributed by atoms with Gasteiger partial charge in [-0.25, -0.2) is 9.97 Å². The lowest BCUT2D eigenvalue weighted by Gasteiger charge is -2.11. The highest BCUT2D eigenvalue weighted by Gasteiger charge is 2.11. The molecule has 0 saturated carbocycles. The summed E-state index contributed by atoms with van der Waals surface area (Å²) in [4.78, 5) is 13.1. The molecule has 6 heteroatoms. The van der Waals surface area contributed by atoms with Crippen LogP contribution < -0.4 is 5.32 Å². The second kappa shape index (κ2) is 5.49. The number of aromatic nitrogens is 5. The SMILES string of the molecule is Cn1nccc1-c1cc(Nc2ccncc2)c2cccnc2n1. The molecular weight excluding hydrogens is 288 g/mol. The molecule has 4 rings (SSSR count). The minimum absolute atomic E-state index is 0.697. The van der Waals surface area contributed by atoms with Crippen molar-refractivity contribution < 1.29 is 0 Å². The van der Waals surface area contributed by atoms with E-state index < -0.39 is 0 Å². The molecule has 1 N–H and O–H groups in total. The second-order valence-electron chi connectivity index (χ2n) is 5.13. The molecule has 4 aromatic rings. The van der Waals surface area contributed by atoms with Crippen molar-refractivity contribution in [3.8, 4) is 11.4 Å². The molecule has 0 radical (unpaired) electrons. The van der Waals surface area contributed by atoms with E-state index in [1.54, 1.807) is 29.5 Å². The highest BCUT2D eigenvalue weighted by Crippen LogP contribution is 2.29. The summed E-state index contributed by atoms with van der Waals surface area (Å²) < 4.78 is 1.80. The summed E-state index contributed by atoms with van der Waals surface area (Å²) in [6.07, 6.45) is 7.02. The van der Waals surface area contributed by atoms with Crippen LogP contribution >= 0.6 is 0 Å². The van der Waals surface area contributed by atoms with Crippen LogP contribution in [-0.2, 0) is 7.05 Å². The van der Waals surface area contributed by atoms with Gasteiger partial charge in [0.2, 0.25) is 0 Å². The molecule has 4 aromatic heterocycles. The van der Waals surface area contributed by atoms with Crippen LogP contribution in [0.5, 0.6) is 0 Å². The van der Waals surface area contributed by atoms with Crippen LogP contribution in [0.25, 0.3) is 22.4 Å². The Morgan fingerprint density at radius 1 is 1.00 bits per heavy atom. The lowest BCUT2D eigenvalue weighted by Crippen LogP contribution is -1.99. The number of pyridine rings is 3. The van der Waals surface area contributed by atoms with Gasteiger partial charge in [0, 0.05) is 42.9 Å². The van der Waals surface area contributed by atoms with Gasteiger partial charge >= 0.3 is 0 Å². The maximum Gasteiger partial charge on any atom is 0.161 e. The Bertz CT molecular complexity index is 961. The summed E-state index contributed by atoms with van der Waals surface area (Å²) in [7, 11) is 1.90. The van der Waals surface area contributed by atoms with Crippen LogP contribution in [0.2, 0.25) is 0 Å². The largest absolute Gasteiger partial charge is 0.355 e. The fourth-order valence-corrected chi connectivity index (χ4v) is 2.51. The minimum atomic E-state index is 0.697. The Morgan fingerprint density at radius 3 is 2.65 bits per heavy atom. The van der Waals surface area contributed by atoms with E-state index >= 15 is 0 Å². The molecule has 0 aliphatic rings. The van der Waals surface area contributed by atoms with E-state index in [0.717, 1.165) is 28.1 Å². The van der Waals surface area contributed by atoms with E-state index in [9.17, 15) is 0 Å². The number of anilines is 2. The number of fused-ring (bicyclic) bond motifs is 1. The number of nitrogens with one attached hydrogen (secondary N) is 1. The van der Waals surface area contributed by atoms with Crippen LogP contribution in [0, 0.1) is 0 Å². The quantitative estimate of drug-likeness (QED) is 0.629. The highest BCUT2D eigenvalue weighted by atomic mass is 15.3. The third kappa shape index (κ3) is 2.50. The van der Waals surface area contributed by atoms with Gasteiger partial charge in [-0.2, -0.15) is 5.10 Å². The Morgan fingerprint density at radius 2 is 1.87 bits per heavy atom. The normalized spacial score (nSPS) is 10.8. The van der Waals surface area contributed by atoms with E-state index in [2.05, 4.69) is 25.4 Å². The molecule has 0 spiro atoms. The zero-order valence-corrected chi connectivity index (χ0v) is 12.5. The fourth-order valence-electron chi connectivity index (χ4n) is 2.51. The lowest BCUT2D eigenvalue weighted by atomic mass is 10.2. The molecule has 0 aromatic carbocycles. The molecule has 0 fully saturated rings. The van der Waals surface area contributed by atoms with Crippen LogP contribution in [0.1, 0.15) is 0 Å². The monoisotopic (exact) mass is 302 g/mol. The Labute approximate surface area is 132 Å². The van der Waals surface area contributed by atoms with Crippen LogP contribution in [0.4, 0.5) is 11.4 Å². The van der Waals surface area contributed by atoms with Gasteiger partial charge in [0.15, 0.2) is 5.65 Å². The van der Waals surface area contributed by atoms with Gasteiger partial charge in [-0.1, -0.05) is 0 Å². The van der Waals surface area contributed by atoms with Gasteiger partial charge in [-0.15, -0.1) is 0 Å². The number of hydrogen-bond acceptors (Lipinski definition) is 5. The van der Waals surface area contributed by atoms with Gasteiger partial charge in [0.1, 0.15) is 0 Å². The third-order valence-electron chi connectivity index (χ3n) is 3.63. The molecule has 0 saturated heterocycles. The van der Waals surface area contributed by atoms with Crippen molar-refractivity contribution >= 4 is 22.4 Å². The predicted molar refractivity (Wildman–Crippen MR) is 89.3 cm³/mol. The standard InChI is InChI=1S/C17H14N6/c1-23-16(6-10-20-23)15-11-14(21-12-4-8-18-9-5-12)13-3-2-7-19-17(13)22-15/h2-11H,1H3,(H,18,19,21,22). The van der Waals surface area contributed by atoms with Crippen molar-refractivity contribution in [2.24, 2.45) is 7.05 Å². The van der Waals surface area contributed by atoms with E-state index in [1.807, 2.05) is 43.4 Å². The summed E-state index contributed by atoms with van der Waals surface area (Å²) in [6.45, 7) is 0. The highest BCUT2D eigenvalue weighted by molar-refractivity contribution is 5.93. The summed E-state index contributed by atoms with van der Waals surface area (Å²) in [5.41, 5.74) is 4.38. The summed E-state index contributed by atoms with van der Waals surface area (Å²) >= 11 is 0. The van der Waals surface area contributed by atoms with Gasteiger partial charge in [-0.05, 0) is 36.4 Å². The first kappa shape index (κ1) is 13.4. The molecule has 0 aliphatic carbocycles. The average molecular weight is 302 g/mol. The molecule has 0 atom stereocenters. The van der Waals surface area contributed by atoms with Gasteiger partial charge < -0.3 is 5.32 Å². The molecule has 0 unspecified atom stereocenters. The Hall–Kier alpha value is -3.28. The minimum Gasteiger partial charge on any atom is -0.355 e. The first-order valence-electron chi connectivity index (χ1n) is 7.22. The Balaban J connectivity index is 1.89. The van der Waals surface area contributed by atoms with Gasteiger partial charge in [0.05, 0.1) is 17.1 Å². The average Bonchev–Trinajstić information content (AvgIpc) is 3.02. The molecule has 0 aliphatic heterocycles. The molecule has 23 heavy (non-hydrogen) atoms. The van der Waals surface area contributed by atoms with E-state index in [0.29, 0.717) is 5.65 Å². The third-order valence-corrected chi connectivity index (χ3v) is 3.63. The summed E-state index contributed by atoms with van der Waals surface area (Å²) in [6, 6.07) is 11.7. The smallest absolute Gasteiger partial charge is 0.161 e. The topological polar surface area (TPSA) is 68.5 Å². The maximum absolute atomic E-state index is 4.66. The molecule has 0 amide bonds. The zero-order chi connectivity index (χ0) is 15.6. The summed E-state index contributed by atoms with van der Waals surface area (Å²) in [5, 5.41) is 8.60. The van der Waals surface area contributed by atoms with E-state index in [4.69, 9.17) is 0 Å². The predicted octanol–water partition coefficient (Wildman–Crippen LogP) is 3.17. The van der Waals surface area contributed by atoms with Crippen molar-refractivity contribution in [1.82, 2.24) is 24.7 Å². The van der Waals surface area contributed by atoms with Gasteiger partial charge in [-0.3, -0.25) is 9.67 Å². The molecule has 112 valence electrons. The van der Waals surface area contributed by atoms with E-state index in [-0.39, 0.29) is 0 Å². The first-order chi connectivity index (χ1) is 11.3. The lowest BCUT2D eigenvalue weighted by molar-refractivity contribution is 0.773. The van der Waals surface area contributed by atoms with Crippen molar-refractivity contribution in [3.05, 3.63) is 61.2 Å². The second-order valence-corrected chi connectivity index (χ2v) is 5.13. The van der Waals surface area contributed by atoms with Crippen molar-refractivity contribution in [3.63, 3.8) is 0 Å². The molecule has 4 heterocycles. The fraction of sp³-hybridized carbons (Fsp3) is 0.0588. The van der Waals surface area contributed by atoms with Gasteiger partial charge in [0.25, 0.3) is 0 Å². The number of aryl methyl sites for hydroxylation is 1. The van der Waals surface area contributed by atoms with Crippen molar-refractivity contribution in [2.75, 3.05) is 5.32 Å². The van der Waals surface area contributed by atoms with E-state index in [1.165, 1.54) is 0 Å². The number of rotatable bonds is 3. The number of hydrogen-bond donors (Lipinski definition) is 1. The molecule has 6 nitrogen and oxygen atoms in total. The molecule has 0 bridgehead atoms. The first-order valence-corrected chi connectivity index (χ1v) is 7.22. The number of nitrogens with zero attached hydrogens (tertiary/aromatic N) is 5. The van der Waals surface area contributed by atoms with Crippen molar-refractivity contribution in [2.45, 2.75) is 0 Å². The van der Waals surface area contributed by atoms with Crippen LogP contribution in [0.15, 0.2) is 61.2 Å². The van der Waals surface area contributed by atoms with Crippen LogP contribution in [-0.4, -0.2) is 24.7 Å².